The van der Waals surface area contributed by atoms with Gasteiger partial charge in [0, 0.05) is 13.1 Å². The second-order valence-corrected chi connectivity index (χ2v) is 12.8. The molecule has 1 amide bonds. The van der Waals surface area contributed by atoms with Crippen LogP contribution in [0.25, 0.3) is 0 Å². The predicted octanol–water partition coefficient (Wildman–Crippen LogP) is 3.95. The zero-order valence-electron chi connectivity index (χ0n) is 21.1. The van der Waals surface area contributed by atoms with Gasteiger partial charge in [-0.2, -0.15) is 0 Å². The molecule has 9 heteroatoms. The molecule has 3 aliphatic heterocycles. The lowest BCUT2D eigenvalue weighted by atomic mass is 9.45. The molecule has 1 saturated carbocycles. The molecule has 0 aromatic rings. The zero-order valence-corrected chi connectivity index (χ0v) is 21.1. The molecule has 0 aromatic heterocycles. The summed E-state index contributed by atoms with van der Waals surface area (Å²) in [6.07, 6.45) is -0.267. The number of fused-ring (bicyclic) bond motifs is 1. The van der Waals surface area contributed by atoms with Crippen molar-refractivity contribution in [2.45, 2.75) is 109 Å². The maximum absolute atomic E-state index is 12.7. The summed E-state index contributed by atoms with van der Waals surface area (Å²) in [5, 5.41) is -0.450. The molecule has 4 rings (SSSR count). The van der Waals surface area contributed by atoms with Gasteiger partial charge in [0.1, 0.15) is 5.60 Å². The van der Waals surface area contributed by atoms with E-state index in [1.54, 1.807) is 4.90 Å². The van der Waals surface area contributed by atoms with Gasteiger partial charge in [0.25, 0.3) is 0 Å². The first kappa shape index (κ1) is 23.4. The molecule has 2 unspecified atom stereocenters. The highest BCUT2D eigenvalue weighted by atomic mass is 16.7. The van der Waals surface area contributed by atoms with Crippen molar-refractivity contribution in [3.8, 4) is 0 Å². The minimum atomic E-state index is -0.515. The smallest absolute Gasteiger partial charge is 0.444 e. The van der Waals surface area contributed by atoms with Crippen molar-refractivity contribution in [2.24, 2.45) is 11.8 Å². The highest BCUT2D eigenvalue weighted by Gasteiger charge is 2.85. The molecule has 0 aromatic carbocycles. The molecular weight excluding hydrogens is 396 g/mol. The summed E-state index contributed by atoms with van der Waals surface area (Å²) in [6, 6.07) is 0. The number of rotatable bonds is 2. The summed E-state index contributed by atoms with van der Waals surface area (Å²) in [4.78, 5) is 14.5. The summed E-state index contributed by atoms with van der Waals surface area (Å²) in [5.41, 5.74) is -2.31. The summed E-state index contributed by atoms with van der Waals surface area (Å²) < 4.78 is 31.7. The van der Waals surface area contributed by atoms with Crippen LogP contribution in [-0.2, 0) is 23.4 Å². The van der Waals surface area contributed by atoms with E-state index in [4.69, 9.17) is 23.4 Å². The molecule has 3 saturated heterocycles. The standard InChI is InChI=1S/C22H39B2NO6/c1-17(2,3)27-16(26)25-12-14-15(13-25)22(14,23-28-18(4,5)19(6,7)29-23)24-30-20(8,9)21(10,11)31-24/h14-15H,12-13H2,1-11H3. The molecule has 7 nitrogen and oxygen atoms in total. The Hall–Kier alpha value is -0.760. The van der Waals surface area contributed by atoms with Crippen LogP contribution in [0.15, 0.2) is 0 Å². The lowest BCUT2D eigenvalue weighted by Gasteiger charge is -2.32. The number of ether oxygens (including phenoxy) is 1. The number of amides is 1. The Morgan fingerprint density at radius 3 is 1.39 bits per heavy atom. The first-order chi connectivity index (χ1) is 13.8. The highest BCUT2D eigenvalue weighted by Crippen LogP contribution is 2.75. The van der Waals surface area contributed by atoms with Gasteiger partial charge in [0.2, 0.25) is 0 Å². The number of hydrogen-bond donors (Lipinski definition) is 0. The molecule has 3 heterocycles. The molecule has 174 valence electrons. The van der Waals surface area contributed by atoms with E-state index in [-0.39, 0.29) is 17.9 Å². The van der Waals surface area contributed by atoms with Crippen LogP contribution >= 0.6 is 0 Å². The third-order valence-corrected chi connectivity index (χ3v) is 8.47. The minimum Gasteiger partial charge on any atom is -0.444 e. The van der Waals surface area contributed by atoms with Gasteiger partial charge >= 0.3 is 20.3 Å². The Kier molecular flexibility index (Phi) is 4.85. The fraction of sp³-hybridized carbons (Fsp3) is 0.955. The molecule has 0 spiro atoms. The van der Waals surface area contributed by atoms with Gasteiger partial charge in [-0.3, -0.25) is 0 Å². The SMILES string of the molecule is CC(C)(C)OC(=O)N1CC2C(C1)C2(B1OC(C)(C)C(C)(C)O1)B1OC(C)(C)C(C)(C)O1. The van der Waals surface area contributed by atoms with E-state index in [0.717, 1.165) is 0 Å². The van der Waals surface area contributed by atoms with Gasteiger partial charge in [0.15, 0.2) is 0 Å². The van der Waals surface area contributed by atoms with Crippen LogP contribution in [0.4, 0.5) is 4.79 Å². The molecular formula is C22H39B2NO6. The zero-order chi connectivity index (χ0) is 23.4. The lowest BCUT2D eigenvalue weighted by molar-refractivity contribution is 0.00578. The number of hydrogen-bond acceptors (Lipinski definition) is 6. The molecule has 31 heavy (non-hydrogen) atoms. The second kappa shape index (κ2) is 6.43. The van der Waals surface area contributed by atoms with Crippen LogP contribution in [-0.4, -0.2) is 66.3 Å². The van der Waals surface area contributed by atoms with E-state index in [1.165, 1.54) is 0 Å². The van der Waals surface area contributed by atoms with E-state index in [1.807, 2.05) is 20.8 Å². The van der Waals surface area contributed by atoms with Crippen LogP contribution in [0.3, 0.4) is 0 Å². The van der Waals surface area contributed by atoms with Gasteiger partial charge in [-0.15, -0.1) is 0 Å². The van der Waals surface area contributed by atoms with Gasteiger partial charge < -0.3 is 28.3 Å². The van der Waals surface area contributed by atoms with E-state index in [0.29, 0.717) is 13.1 Å². The first-order valence-electron chi connectivity index (χ1n) is 11.5. The van der Waals surface area contributed by atoms with Crippen LogP contribution in [0, 0.1) is 11.8 Å². The van der Waals surface area contributed by atoms with Crippen LogP contribution < -0.4 is 0 Å². The normalized spacial score (nSPS) is 34.1. The van der Waals surface area contributed by atoms with E-state index in [2.05, 4.69) is 55.4 Å². The molecule has 0 bridgehead atoms. The van der Waals surface area contributed by atoms with Crippen molar-refractivity contribution < 1.29 is 28.1 Å². The van der Waals surface area contributed by atoms with Crippen LogP contribution in [0.1, 0.15) is 76.2 Å². The number of carbonyl (C=O) groups is 1. The van der Waals surface area contributed by atoms with Gasteiger partial charge in [-0.05, 0) is 88.0 Å². The highest BCUT2D eigenvalue weighted by molar-refractivity contribution is 6.73. The molecule has 2 atom stereocenters. The Morgan fingerprint density at radius 1 is 0.774 bits per heavy atom. The van der Waals surface area contributed by atoms with E-state index >= 15 is 0 Å². The summed E-state index contributed by atoms with van der Waals surface area (Å²) >= 11 is 0. The predicted molar refractivity (Wildman–Crippen MR) is 120 cm³/mol. The fourth-order valence-electron chi connectivity index (χ4n) is 5.09. The third-order valence-electron chi connectivity index (χ3n) is 8.47. The van der Waals surface area contributed by atoms with E-state index in [9.17, 15) is 4.79 Å². The van der Waals surface area contributed by atoms with Gasteiger partial charge in [0.05, 0.1) is 27.6 Å². The Balaban J connectivity index is 1.61. The maximum Gasteiger partial charge on any atom is 0.462 e. The monoisotopic (exact) mass is 435 g/mol. The number of piperidine rings is 1. The van der Waals surface area contributed by atoms with Crippen molar-refractivity contribution >= 4 is 20.3 Å². The fourth-order valence-corrected chi connectivity index (χ4v) is 5.09. The Morgan fingerprint density at radius 2 is 1.10 bits per heavy atom. The summed E-state index contributed by atoms with van der Waals surface area (Å²) in [6.45, 7) is 23.4. The third kappa shape index (κ3) is 3.37. The summed E-state index contributed by atoms with van der Waals surface area (Å²) in [7, 11) is -0.911. The molecule has 1 aliphatic carbocycles. The number of likely N-dealkylation sites (tertiary alicyclic amines) is 1. The lowest BCUT2D eigenvalue weighted by Crippen LogP contribution is -2.47. The summed E-state index contributed by atoms with van der Waals surface area (Å²) in [5.74, 6) is 0.342. The number of carbonyl (C=O) groups excluding carboxylic acids is 1. The average molecular weight is 435 g/mol. The van der Waals surface area contributed by atoms with Gasteiger partial charge in [-0.1, -0.05) is 0 Å². The van der Waals surface area contributed by atoms with Gasteiger partial charge in [-0.25, -0.2) is 4.79 Å². The maximum atomic E-state index is 12.7. The minimum absolute atomic E-state index is 0.171. The Bertz CT molecular complexity index is 692. The largest absolute Gasteiger partial charge is 0.462 e. The first-order valence-corrected chi connectivity index (χ1v) is 11.5. The molecule has 4 fully saturated rings. The van der Waals surface area contributed by atoms with Crippen molar-refractivity contribution in [1.82, 2.24) is 4.90 Å². The molecule has 4 aliphatic rings. The van der Waals surface area contributed by atoms with Crippen LogP contribution in [0.5, 0.6) is 0 Å². The second-order valence-electron chi connectivity index (χ2n) is 12.8. The number of nitrogens with zero attached hydrogens (tertiary/aromatic N) is 1. The van der Waals surface area contributed by atoms with Crippen molar-refractivity contribution in [3.05, 3.63) is 0 Å². The van der Waals surface area contributed by atoms with Crippen molar-refractivity contribution in [3.63, 3.8) is 0 Å². The molecule has 0 N–H and O–H groups in total. The average Bonchev–Trinajstić information content (AvgIpc) is 2.78. The topological polar surface area (TPSA) is 66.5 Å². The van der Waals surface area contributed by atoms with Crippen LogP contribution in [0.2, 0.25) is 5.21 Å². The van der Waals surface area contributed by atoms with Crippen molar-refractivity contribution in [2.75, 3.05) is 13.1 Å². The van der Waals surface area contributed by atoms with E-state index < -0.39 is 47.5 Å². The Labute approximate surface area is 188 Å². The molecule has 0 radical (unpaired) electrons. The quantitative estimate of drug-likeness (QED) is 0.613. The van der Waals surface area contributed by atoms with Crippen molar-refractivity contribution in [1.29, 1.82) is 0 Å².